The molecule has 0 heterocycles. The van der Waals surface area contributed by atoms with Crippen LogP contribution in [0, 0.1) is 0 Å². The average Bonchev–Trinajstić information content (AvgIpc) is 2.26. The van der Waals surface area contributed by atoms with Crippen LogP contribution in [0.1, 0.15) is 30.9 Å². The van der Waals surface area contributed by atoms with Crippen LogP contribution in [-0.4, -0.2) is 17.7 Å². The van der Waals surface area contributed by atoms with Crippen molar-refractivity contribution in [3.05, 3.63) is 29.3 Å². The van der Waals surface area contributed by atoms with Gasteiger partial charge in [0, 0.05) is 6.04 Å². The van der Waals surface area contributed by atoms with Gasteiger partial charge in [-0.25, -0.2) is 0 Å². The van der Waals surface area contributed by atoms with E-state index in [1.165, 1.54) is 12.0 Å². The van der Waals surface area contributed by atoms with E-state index in [1.807, 2.05) is 6.07 Å². The Balaban J connectivity index is 2.07. The van der Waals surface area contributed by atoms with Crippen LogP contribution in [-0.2, 0) is 12.8 Å². The Hall–Kier alpha value is -1.02. The summed E-state index contributed by atoms with van der Waals surface area (Å²) in [6.07, 6.45) is 4.39. The summed E-state index contributed by atoms with van der Waals surface area (Å²) in [5, 5.41) is 13.2. The van der Waals surface area contributed by atoms with Crippen LogP contribution in [0.2, 0.25) is 0 Å². The Morgan fingerprint density at radius 2 is 2.33 bits per heavy atom. The number of benzene rings is 1. The zero-order chi connectivity index (χ0) is 10.7. The van der Waals surface area contributed by atoms with E-state index in [4.69, 9.17) is 0 Å². The highest BCUT2D eigenvalue weighted by Crippen LogP contribution is 2.28. The third-order valence-corrected chi connectivity index (χ3v) is 3.14. The lowest BCUT2D eigenvalue weighted by Crippen LogP contribution is -2.34. The molecule has 2 heteroatoms. The van der Waals surface area contributed by atoms with Crippen LogP contribution >= 0.6 is 0 Å². The number of nitrogens with one attached hydrogen (secondary N) is 1. The summed E-state index contributed by atoms with van der Waals surface area (Å²) in [6.45, 7) is 3.29. The van der Waals surface area contributed by atoms with Crippen molar-refractivity contribution in [2.45, 2.75) is 38.6 Å². The zero-order valence-electron chi connectivity index (χ0n) is 9.29. The van der Waals surface area contributed by atoms with Crippen molar-refractivity contribution < 1.29 is 5.11 Å². The summed E-state index contributed by atoms with van der Waals surface area (Å²) in [7, 11) is 0. The van der Waals surface area contributed by atoms with E-state index >= 15 is 0 Å². The maximum absolute atomic E-state index is 9.70. The summed E-state index contributed by atoms with van der Waals surface area (Å²) in [5.41, 5.74) is 2.47. The van der Waals surface area contributed by atoms with Crippen LogP contribution in [0.4, 0.5) is 0 Å². The molecular formula is C13H19NO. The molecule has 0 aromatic heterocycles. The molecular weight excluding hydrogens is 186 g/mol. The molecule has 1 atom stereocenters. The molecule has 82 valence electrons. The fourth-order valence-electron chi connectivity index (χ4n) is 2.31. The summed E-state index contributed by atoms with van der Waals surface area (Å²) >= 11 is 0. The van der Waals surface area contributed by atoms with Gasteiger partial charge in [0.05, 0.1) is 0 Å². The zero-order valence-corrected chi connectivity index (χ0v) is 9.29. The van der Waals surface area contributed by atoms with Gasteiger partial charge in [0.15, 0.2) is 0 Å². The molecule has 0 radical (unpaired) electrons. The largest absolute Gasteiger partial charge is 0.508 e. The van der Waals surface area contributed by atoms with Crippen molar-refractivity contribution in [3.8, 4) is 5.75 Å². The molecule has 0 saturated heterocycles. The third-order valence-electron chi connectivity index (χ3n) is 3.14. The minimum absolute atomic E-state index is 0.474. The minimum atomic E-state index is 0.474. The summed E-state index contributed by atoms with van der Waals surface area (Å²) in [5.74, 6) is 0.474. The van der Waals surface area contributed by atoms with Crippen molar-refractivity contribution in [2.24, 2.45) is 0 Å². The predicted molar refractivity (Wildman–Crippen MR) is 62.2 cm³/mol. The predicted octanol–water partition coefficient (Wildman–Crippen LogP) is 2.25. The highest BCUT2D eigenvalue weighted by atomic mass is 16.3. The summed E-state index contributed by atoms with van der Waals surface area (Å²) < 4.78 is 0. The second-order valence-electron chi connectivity index (χ2n) is 4.31. The van der Waals surface area contributed by atoms with Gasteiger partial charge >= 0.3 is 0 Å². The molecule has 2 rings (SSSR count). The van der Waals surface area contributed by atoms with E-state index in [9.17, 15) is 5.11 Å². The molecule has 0 amide bonds. The average molecular weight is 205 g/mol. The van der Waals surface area contributed by atoms with Gasteiger partial charge in [-0.1, -0.05) is 19.1 Å². The van der Waals surface area contributed by atoms with Gasteiger partial charge in [-0.2, -0.15) is 0 Å². The molecule has 0 saturated carbocycles. The van der Waals surface area contributed by atoms with E-state index in [-0.39, 0.29) is 0 Å². The highest BCUT2D eigenvalue weighted by Gasteiger charge is 2.19. The van der Waals surface area contributed by atoms with Gasteiger partial charge in [-0.15, -0.1) is 0 Å². The maximum atomic E-state index is 9.70. The molecule has 2 N–H and O–H groups in total. The van der Waals surface area contributed by atoms with Crippen molar-refractivity contribution in [2.75, 3.05) is 6.54 Å². The second kappa shape index (κ2) is 4.67. The van der Waals surface area contributed by atoms with Crippen LogP contribution in [0.25, 0.3) is 0 Å². The monoisotopic (exact) mass is 205 g/mol. The fraction of sp³-hybridized carbons (Fsp3) is 0.538. The number of rotatable bonds is 3. The number of fused-ring (bicyclic) bond motifs is 1. The maximum Gasteiger partial charge on any atom is 0.119 e. The summed E-state index contributed by atoms with van der Waals surface area (Å²) in [6, 6.07) is 6.46. The Labute approximate surface area is 91.3 Å². The van der Waals surface area contributed by atoms with Crippen LogP contribution in [0.15, 0.2) is 18.2 Å². The first kappa shape index (κ1) is 10.5. The molecule has 0 fully saturated rings. The Morgan fingerprint density at radius 1 is 1.47 bits per heavy atom. The first-order valence-electron chi connectivity index (χ1n) is 5.84. The Kier molecular flexibility index (Phi) is 3.27. The third kappa shape index (κ3) is 2.32. The van der Waals surface area contributed by atoms with Gasteiger partial charge in [0.25, 0.3) is 0 Å². The quantitative estimate of drug-likeness (QED) is 0.793. The second-order valence-corrected chi connectivity index (χ2v) is 4.31. The minimum Gasteiger partial charge on any atom is -0.508 e. The SMILES string of the molecule is CCCN[C@@H]1CCc2c(O)cccc2C1. The lowest BCUT2D eigenvalue weighted by atomic mass is 9.87. The molecule has 0 aliphatic heterocycles. The van der Waals surface area contributed by atoms with E-state index in [0.717, 1.165) is 31.4 Å². The van der Waals surface area contributed by atoms with E-state index in [1.54, 1.807) is 6.07 Å². The number of hydrogen-bond donors (Lipinski definition) is 2. The van der Waals surface area contributed by atoms with Crippen LogP contribution < -0.4 is 5.32 Å². The van der Waals surface area contributed by atoms with Crippen molar-refractivity contribution in [3.63, 3.8) is 0 Å². The molecule has 1 aromatic carbocycles. The molecule has 0 unspecified atom stereocenters. The normalized spacial score (nSPS) is 19.9. The molecule has 1 aromatic rings. The summed E-state index contributed by atoms with van der Waals surface area (Å²) in [4.78, 5) is 0. The molecule has 15 heavy (non-hydrogen) atoms. The van der Waals surface area contributed by atoms with Crippen molar-refractivity contribution in [1.29, 1.82) is 0 Å². The molecule has 1 aliphatic carbocycles. The van der Waals surface area contributed by atoms with Gasteiger partial charge in [-0.05, 0) is 49.4 Å². The van der Waals surface area contributed by atoms with Gasteiger partial charge in [0.1, 0.15) is 5.75 Å². The van der Waals surface area contributed by atoms with Crippen molar-refractivity contribution >= 4 is 0 Å². The van der Waals surface area contributed by atoms with Crippen LogP contribution in [0.3, 0.4) is 0 Å². The molecule has 2 nitrogen and oxygen atoms in total. The number of phenolic OH excluding ortho intramolecular Hbond substituents is 1. The van der Waals surface area contributed by atoms with E-state index < -0.39 is 0 Å². The van der Waals surface area contributed by atoms with Crippen LogP contribution in [0.5, 0.6) is 5.75 Å². The lowest BCUT2D eigenvalue weighted by Gasteiger charge is -2.25. The first-order chi connectivity index (χ1) is 7.31. The number of aromatic hydroxyl groups is 1. The van der Waals surface area contributed by atoms with Gasteiger partial charge < -0.3 is 10.4 Å². The standard InChI is InChI=1S/C13H19NO/c1-2-8-14-11-6-7-12-10(9-11)4-3-5-13(12)15/h3-5,11,14-15H,2,6-9H2,1H3/t11-/m1/s1. The van der Waals surface area contributed by atoms with Crippen molar-refractivity contribution in [1.82, 2.24) is 5.32 Å². The highest BCUT2D eigenvalue weighted by molar-refractivity contribution is 5.41. The Morgan fingerprint density at radius 3 is 3.13 bits per heavy atom. The molecule has 0 bridgehead atoms. The fourth-order valence-corrected chi connectivity index (χ4v) is 2.31. The number of hydrogen-bond acceptors (Lipinski definition) is 2. The lowest BCUT2D eigenvalue weighted by molar-refractivity contribution is 0.432. The smallest absolute Gasteiger partial charge is 0.119 e. The first-order valence-corrected chi connectivity index (χ1v) is 5.84. The van der Waals surface area contributed by atoms with E-state index in [0.29, 0.717) is 11.8 Å². The van der Waals surface area contributed by atoms with E-state index in [2.05, 4.69) is 18.3 Å². The van der Waals surface area contributed by atoms with Gasteiger partial charge in [0.2, 0.25) is 0 Å². The topological polar surface area (TPSA) is 32.3 Å². The van der Waals surface area contributed by atoms with Gasteiger partial charge in [-0.3, -0.25) is 0 Å². The molecule has 0 spiro atoms. The molecule has 1 aliphatic rings. The number of phenols is 1. The Bertz CT molecular complexity index is 335.